The molecule has 1 aromatic heterocycles. The molecule has 18 heavy (non-hydrogen) atoms. The van der Waals surface area contributed by atoms with Crippen molar-refractivity contribution >= 4 is 0 Å². The van der Waals surface area contributed by atoms with Gasteiger partial charge in [0.05, 0.1) is 6.54 Å². The third kappa shape index (κ3) is 3.17. The molecule has 0 aliphatic heterocycles. The van der Waals surface area contributed by atoms with E-state index in [4.69, 9.17) is 4.42 Å². The van der Waals surface area contributed by atoms with Crippen LogP contribution < -0.4 is 5.32 Å². The van der Waals surface area contributed by atoms with Crippen LogP contribution >= 0.6 is 0 Å². The Morgan fingerprint density at radius 3 is 2.39 bits per heavy atom. The van der Waals surface area contributed by atoms with Crippen molar-refractivity contribution in [1.29, 1.82) is 0 Å². The highest BCUT2D eigenvalue weighted by Gasteiger charge is 2.09. The molecular formula is C14H19N3O. The van der Waals surface area contributed by atoms with E-state index in [0.29, 0.717) is 24.4 Å². The van der Waals surface area contributed by atoms with Crippen molar-refractivity contribution in [3.63, 3.8) is 0 Å². The lowest BCUT2D eigenvalue weighted by atomic mass is 10.1. The Bertz CT molecular complexity index is 511. The van der Waals surface area contributed by atoms with Crippen LogP contribution in [-0.2, 0) is 6.54 Å². The zero-order valence-electron chi connectivity index (χ0n) is 11.3. The van der Waals surface area contributed by atoms with Crippen LogP contribution in [0.5, 0.6) is 0 Å². The summed E-state index contributed by atoms with van der Waals surface area (Å²) in [5.74, 6) is 1.21. The standard InChI is InChI=1S/C14H19N3O/c1-9(2)15-8-13-16-17-14(18-13)12-6-10(3)5-11(4)7-12/h5-7,9,15H,8H2,1-4H3. The first-order chi connectivity index (χ1) is 8.54. The summed E-state index contributed by atoms with van der Waals surface area (Å²) in [6.45, 7) is 8.90. The summed E-state index contributed by atoms with van der Waals surface area (Å²) < 4.78 is 5.65. The predicted molar refractivity (Wildman–Crippen MR) is 71.2 cm³/mol. The number of nitrogens with zero attached hydrogens (tertiary/aromatic N) is 2. The van der Waals surface area contributed by atoms with Gasteiger partial charge in [-0.15, -0.1) is 10.2 Å². The summed E-state index contributed by atoms with van der Waals surface area (Å²) in [4.78, 5) is 0. The van der Waals surface area contributed by atoms with E-state index >= 15 is 0 Å². The van der Waals surface area contributed by atoms with Crippen LogP contribution in [0.1, 0.15) is 30.9 Å². The van der Waals surface area contributed by atoms with Crippen molar-refractivity contribution in [2.24, 2.45) is 0 Å². The van der Waals surface area contributed by atoms with Crippen molar-refractivity contribution in [3.05, 3.63) is 35.2 Å². The predicted octanol–water partition coefficient (Wildman–Crippen LogP) is 2.85. The maximum absolute atomic E-state index is 5.65. The second-order valence-corrected chi connectivity index (χ2v) is 4.91. The first kappa shape index (κ1) is 12.8. The summed E-state index contributed by atoms with van der Waals surface area (Å²) >= 11 is 0. The molecule has 0 atom stereocenters. The molecule has 0 saturated carbocycles. The molecule has 96 valence electrons. The van der Waals surface area contributed by atoms with Gasteiger partial charge in [0.15, 0.2) is 0 Å². The van der Waals surface area contributed by atoms with Gasteiger partial charge in [-0.1, -0.05) is 31.0 Å². The zero-order chi connectivity index (χ0) is 13.1. The Labute approximate surface area is 107 Å². The molecule has 4 nitrogen and oxygen atoms in total. The van der Waals surface area contributed by atoms with E-state index in [0.717, 1.165) is 5.56 Å². The van der Waals surface area contributed by atoms with Crippen molar-refractivity contribution < 1.29 is 4.42 Å². The van der Waals surface area contributed by atoms with Crippen LogP contribution in [0.3, 0.4) is 0 Å². The average molecular weight is 245 g/mol. The molecule has 0 amide bonds. The zero-order valence-corrected chi connectivity index (χ0v) is 11.3. The van der Waals surface area contributed by atoms with E-state index in [1.54, 1.807) is 0 Å². The maximum Gasteiger partial charge on any atom is 0.247 e. The Hall–Kier alpha value is -1.68. The van der Waals surface area contributed by atoms with E-state index in [1.807, 2.05) is 0 Å². The van der Waals surface area contributed by atoms with Gasteiger partial charge in [-0.2, -0.15) is 0 Å². The molecule has 0 unspecified atom stereocenters. The molecule has 0 spiro atoms. The first-order valence-corrected chi connectivity index (χ1v) is 6.19. The minimum absolute atomic E-state index is 0.404. The Morgan fingerprint density at radius 2 is 1.78 bits per heavy atom. The average Bonchev–Trinajstić information content (AvgIpc) is 2.73. The van der Waals surface area contributed by atoms with Crippen LogP contribution in [-0.4, -0.2) is 16.2 Å². The van der Waals surface area contributed by atoms with Gasteiger partial charge >= 0.3 is 0 Å². The molecule has 1 aromatic carbocycles. The molecule has 0 saturated heterocycles. The van der Waals surface area contributed by atoms with Crippen LogP contribution in [0.4, 0.5) is 0 Å². The Kier molecular flexibility index (Phi) is 3.77. The molecule has 0 fully saturated rings. The first-order valence-electron chi connectivity index (χ1n) is 6.19. The number of aryl methyl sites for hydroxylation is 2. The third-order valence-electron chi connectivity index (χ3n) is 2.60. The summed E-state index contributed by atoms with van der Waals surface area (Å²) in [5.41, 5.74) is 3.38. The van der Waals surface area contributed by atoms with E-state index < -0.39 is 0 Å². The number of rotatable bonds is 4. The molecule has 0 aliphatic rings. The Morgan fingerprint density at radius 1 is 1.11 bits per heavy atom. The molecule has 1 N–H and O–H groups in total. The van der Waals surface area contributed by atoms with Crippen molar-refractivity contribution in [3.8, 4) is 11.5 Å². The second-order valence-electron chi connectivity index (χ2n) is 4.91. The van der Waals surface area contributed by atoms with Crippen LogP contribution in [0.25, 0.3) is 11.5 Å². The monoisotopic (exact) mass is 245 g/mol. The second kappa shape index (κ2) is 5.31. The SMILES string of the molecule is Cc1cc(C)cc(-c2nnc(CNC(C)C)o2)c1. The smallest absolute Gasteiger partial charge is 0.247 e. The number of nitrogens with one attached hydrogen (secondary N) is 1. The lowest BCUT2D eigenvalue weighted by Gasteiger charge is -2.03. The van der Waals surface area contributed by atoms with Crippen molar-refractivity contribution in [1.82, 2.24) is 15.5 Å². The van der Waals surface area contributed by atoms with Gasteiger partial charge < -0.3 is 9.73 Å². The summed E-state index contributed by atoms with van der Waals surface area (Å²) in [5, 5.41) is 11.4. The van der Waals surface area contributed by atoms with Crippen LogP contribution in [0.15, 0.2) is 22.6 Å². The van der Waals surface area contributed by atoms with E-state index in [-0.39, 0.29) is 0 Å². The van der Waals surface area contributed by atoms with Gasteiger partial charge in [0, 0.05) is 11.6 Å². The summed E-state index contributed by atoms with van der Waals surface area (Å²) in [6.07, 6.45) is 0. The molecule has 4 heteroatoms. The lowest BCUT2D eigenvalue weighted by Crippen LogP contribution is -2.21. The summed E-state index contributed by atoms with van der Waals surface area (Å²) in [7, 11) is 0. The molecule has 2 rings (SSSR count). The van der Waals surface area contributed by atoms with Crippen molar-refractivity contribution in [2.45, 2.75) is 40.3 Å². The molecule has 2 aromatic rings. The highest BCUT2D eigenvalue weighted by atomic mass is 16.4. The fraction of sp³-hybridized carbons (Fsp3) is 0.429. The number of aromatic nitrogens is 2. The number of hydrogen-bond acceptors (Lipinski definition) is 4. The van der Waals surface area contributed by atoms with E-state index in [1.165, 1.54) is 11.1 Å². The largest absolute Gasteiger partial charge is 0.419 e. The van der Waals surface area contributed by atoms with Crippen LogP contribution in [0, 0.1) is 13.8 Å². The van der Waals surface area contributed by atoms with Crippen molar-refractivity contribution in [2.75, 3.05) is 0 Å². The lowest BCUT2D eigenvalue weighted by molar-refractivity contribution is 0.459. The molecule has 0 aliphatic carbocycles. The number of hydrogen-bond donors (Lipinski definition) is 1. The fourth-order valence-electron chi connectivity index (χ4n) is 1.83. The van der Waals surface area contributed by atoms with Gasteiger partial charge in [-0.3, -0.25) is 0 Å². The number of benzene rings is 1. The molecule has 1 heterocycles. The minimum atomic E-state index is 0.404. The van der Waals surface area contributed by atoms with Gasteiger partial charge in [-0.05, 0) is 26.0 Å². The topological polar surface area (TPSA) is 51.0 Å². The fourth-order valence-corrected chi connectivity index (χ4v) is 1.83. The normalized spacial score (nSPS) is 11.2. The van der Waals surface area contributed by atoms with E-state index in [2.05, 4.69) is 61.4 Å². The molecule has 0 bridgehead atoms. The van der Waals surface area contributed by atoms with Gasteiger partial charge in [0.2, 0.25) is 11.8 Å². The Balaban J connectivity index is 2.18. The van der Waals surface area contributed by atoms with E-state index in [9.17, 15) is 0 Å². The van der Waals surface area contributed by atoms with Gasteiger partial charge in [0.1, 0.15) is 0 Å². The highest BCUT2D eigenvalue weighted by Crippen LogP contribution is 2.20. The minimum Gasteiger partial charge on any atom is -0.419 e. The van der Waals surface area contributed by atoms with Gasteiger partial charge in [0.25, 0.3) is 0 Å². The highest BCUT2D eigenvalue weighted by molar-refractivity contribution is 5.55. The molecular weight excluding hydrogens is 226 g/mol. The van der Waals surface area contributed by atoms with Crippen LogP contribution in [0.2, 0.25) is 0 Å². The quantitative estimate of drug-likeness (QED) is 0.900. The van der Waals surface area contributed by atoms with Gasteiger partial charge in [-0.25, -0.2) is 0 Å². The molecule has 0 radical (unpaired) electrons. The summed E-state index contributed by atoms with van der Waals surface area (Å²) in [6, 6.07) is 6.64. The maximum atomic E-state index is 5.65. The third-order valence-corrected chi connectivity index (χ3v) is 2.60.